The highest BCUT2D eigenvalue weighted by Crippen LogP contribution is 2.39. The highest BCUT2D eigenvalue weighted by atomic mass is 16.6. The summed E-state index contributed by atoms with van der Waals surface area (Å²) in [4.78, 5) is 23.2. The number of amides is 1. The number of rotatable bonds is 11. The Kier molecular flexibility index (Phi) is 9.31. The van der Waals surface area contributed by atoms with Crippen molar-refractivity contribution in [3.8, 4) is 28.7 Å². The van der Waals surface area contributed by atoms with Gasteiger partial charge in [0.25, 0.3) is 0 Å². The molecule has 10 heteroatoms. The van der Waals surface area contributed by atoms with E-state index in [0.717, 1.165) is 11.1 Å². The van der Waals surface area contributed by atoms with Crippen LogP contribution < -0.4 is 29.0 Å². The zero-order valence-electron chi connectivity index (χ0n) is 21.6. The molecular formula is C28H28N2O8. The van der Waals surface area contributed by atoms with E-state index >= 15 is 0 Å². The molecule has 3 aromatic rings. The van der Waals surface area contributed by atoms with Gasteiger partial charge in [-0.25, -0.2) is 0 Å². The van der Waals surface area contributed by atoms with E-state index in [1.54, 1.807) is 39.5 Å². The monoisotopic (exact) mass is 520 g/mol. The second kappa shape index (κ2) is 12.8. The molecule has 0 heterocycles. The molecular weight excluding hydrogens is 492 g/mol. The van der Waals surface area contributed by atoms with E-state index in [-0.39, 0.29) is 17.2 Å². The Morgan fingerprint density at radius 1 is 0.711 bits per heavy atom. The van der Waals surface area contributed by atoms with Crippen LogP contribution in [0.1, 0.15) is 16.7 Å². The lowest BCUT2D eigenvalue weighted by atomic mass is 10.1. The highest BCUT2D eigenvalue weighted by molar-refractivity contribution is 6.02. The maximum Gasteiger partial charge on any atom is 0.315 e. The fraction of sp³-hybridized carbons (Fsp3) is 0.179. The third-order valence-corrected chi connectivity index (χ3v) is 5.44. The molecule has 3 rings (SSSR count). The predicted molar refractivity (Wildman–Crippen MR) is 145 cm³/mol. The number of nitrogens with one attached hydrogen (secondary N) is 1. The predicted octanol–water partition coefficient (Wildman–Crippen LogP) is 5.46. The van der Waals surface area contributed by atoms with Gasteiger partial charge in [0.05, 0.1) is 40.5 Å². The first-order valence-electron chi connectivity index (χ1n) is 11.3. The topological polar surface area (TPSA) is 118 Å². The molecule has 1 amide bonds. The van der Waals surface area contributed by atoms with Gasteiger partial charge in [0.1, 0.15) is 0 Å². The Hall–Kier alpha value is -4.99. The summed E-state index contributed by atoms with van der Waals surface area (Å²) in [5.41, 5.74) is 2.50. The zero-order valence-corrected chi connectivity index (χ0v) is 21.6. The number of nitrogens with zero attached hydrogens (tertiary/aromatic N) is 1. The van der Waals surface area contributed by atoms with Gasteiger partial charge in [0.15, 0.2) is 17.2 Å². The lowest BCUT2D eigenvalue weighted by Crippen LogP contribution is -2.07. The molecule has 3 aromatic carbocycles. The molecule has 0 spiro atoms. The second-order valence-corrected chi connectivity index (χ2v) is 7.77. The molecule has 0 unspecified atom stereocenters. The molecule has 0 aromatic heterocycles. The fourth-order valence-electron chi connectivity index (χ4n) is 3.62. The number of anilines is 1. The molecule has 1 N–H and O–H groups in total. The number of ether oxygens (including phenoxy) is 5. The van der Waals surface area contributed by atoms with Crippen molar-refractivity contribution in [2.45, 2.75) is 0 Å². The van der Waals surface area contributed by atoms with Crippen molar-refractivity contribution >= 4 is 35.5 Å². The first kappa shape index (κ1) is 27.6. The summed E-state index contributed by atoms with van der Waals surface area (Å²) in [6.45, 7) is 0. The average molecular weight is 521 g/mol. The van der Waals surface area contributed by atoms with Crippen LogP contribution in [0.15, 0.2) is 54.6 Å². The zero-order chi connectivity index (χ0) is 27.7. The summed E-state index contributed by atoms with van der Waals surface area (Å²) in [6.07, 6.45) is 6.56. The van der Waals surface area contributed by atoms with Crippen molar-refractivity contribution in [3.63, 3.8) is 0 Å². The molecule has 0 aliphatic rings. The van der Waals surface area contributed by atoms with Gasteiger partial charge in [0, 0.05) is 17.8 Å². The first-order chi connectivity index (χ1) is 18.3. The van der Waals surface area contributed by atoms with Crippen molar-refractivity contribution in [1.82, 2.24) is 0 Å². The molecule has 0 aliphatic heterocycles. The molecule has 0 saturated carbocycles. The van der Waals surface area contributed by atoms with Gasteiger partial charge < -0.3 is 29.0 Å². The minimum Gasteiger partial charge on any atom is -0.493 e. The third-order valence-electron chi connectivity index (χ3n) is 5.44. The standard InChI is InChI=1S/C28H28N2O8/c1-34-23-15-19(14-22(30(32)33)27(23)37-4)10-13-26(31)29-21-11-8-18(9-12-21)6-7-20-16-24(35-2)28(38-5)25(17-20)36-3/h6-17H,1-5H3,(H,29,31)/b7-6?,13-10+. The quantitative estimate of drug-likeness (QED) is 0.153. The number of hydrogen-bond acceptors (Lipinski definition) is 8. The van der Waals surface area contributed by atoms with Crippen LogP contribution in [-0.4, -0.2) is 46.4 Å². The Morgan fingerprint density at radius 3 is 1.71 bits per heavy atom. The number of carbonyl (C=O) groups is 1. The van der Waals surface area contributed by atoms with Gasteiger partial charge in [-0.1, -0.05) is 24.3 Å². The van der Waals surface area contributed by atoms with Gasteiger partial charge in [0.2, 0.25) is 17.4 Å². The van der Waals surface area contributed by atoms with E-state index in [2.05, 4.69) is 5.32 Å². The molecule has 0 aliphatic carbocycles. The molecule has 198 valence electrons. The number of nitro benzene ring substituents is 1. The largest absolute Gasteiger partial charge is 0.493 e. The molecule has 0 fully saturated rings. The van der Waals surface area contributed by atoms with Gasteiger partial charge in [-0.15, -0.1) is 0 Å². The second-order valence-electron chi connectivity index (χ2n) is 7.77. The van der Waals surface area contributed by atoms with Crippen LogP contribution in [0.4, 0.5) is 11.4 Å². The molecule has 38 heavy (non-hydrogen) atoms. The van der Waals surface area contributed by atoms with Crippen molar-refractivity contribution < 1.29 is 33.4 Å². The van der Waals surface area contributed by atoms with E-state index in [0.29, 0.717) is 28.5 Å². The Balaban J connectivity index is 1.70. The van der Waals surface area contributed by atoms with E-state index in [4.69, 9.17) is 23.7 Å². The van der Waals surface area contributed by atoms with E-state index in [1.165, 1.54) is 32.4 Å². The van der Waals surface area contributed by atoms with E-state index in [9.17, 15) is 14.9 Å². The van der Waals surface area contributed by atoms with Crippen molar-refractivity contribution in [2.75, 3.05) is 40.9 Å². The smallest absolute Gasteiger partial charge is 0.315 e. The summed E-state index contributed by atoms with van der Waals surface area (Å²) >= 11 is 0. The van der Waals surface area contributed by atoms with Gasteiger partial charge in [-0.3, -0.25) is 14.9 Å². The lowest BCUT2D eigenvalue weighted by molar-refractivity contribution is -0.385. The molecule has 0 saturated heterocycles. The molecule has 0 atom stereocenters. The van der Waals surface area contributed by atoms with Gasteiger partial charge in [-0.2, -0.15) is 0 Å². The first-order valence-corrected chi connectivity index (χ1v) is 11.3. The molecule has 0 radical (unpaired) electrons. The Labute approximate surface area is 220 Å². The normalized spacial score (nSPS) is 10.9. The van der Waals surface area contributed by atoms with E-state index < -0.39 is 10.8 Å². The van der Waals surface area contributed by atoms with Crippen molar-refractivity contribution in [3.05, 3.63) is 81.4 Å². The minimum atomic E-state index is -0.573. The molecule has 0 bridgehead atoms. The number of methoxy groups -OCH3 is 5. The summed E-state index contributed by atoms with van der Waals surface area (Å²) in [7, 11) is 7.37. The number of benzene rings is 3. The number of hydrogen-bond donors (Lipinski definition) is 1. The highest BCUT2D eigenvalue weighted by Gasteiger charge is 2.21. The fourth-order valence-corrected chi connectivity index (χ4v) is 3.62. The van der Waals surface area contributed by atoms with Gasteiger partial charge in [-0.05, 0) is 53.1 Å². The van der Waals surface area contributed by atoms with Crippen molar-refractivity contribution in [2.24, 2.45) is 0 Å². The minimum absolute atomic E-state index is 0.0125. The van der Waals surface area contributed by atoms with Crippen molar-refractivity contribution in [1.29, 1.82) is 0 Å². The van der Waals surface area contributed by atoms with Gasteiger partial charge >= 0.3 is 5.69 Å². The van der Waals surface area contributed by atoms with Crippen LogP contribution in [0.2, 0.25) is 0 Å². The maximum atomic E-state index is 12.4. The average Bonchev–Trinajstić information content (AvgIpc) is 2.94. The Morgan fingerprint density at radius 2 is 1.21 bits per heavy atom. The van der Waals surface area contributed by atoms with Crippen LogP contribution >= 0.6 is 0 Å². The summed E-state index contributed by atoms with van der Waals surface area (Å²) < 4.78 is 26.4. The van der Waals surface area contributed by atoms with Crippen LogP contribution in [0, 0.1) is 10.1 Å². The SMILES string of the molecule is COc1cc(C=Cc2ccc(NC(=O)/C=C/c3cc(OC)c(OC)c([N+](=O)[O-])c3)cc2)cc(OC)c1OC. The van der Waals surface area contributed by atoms with Crippen LogP contribution in [0.5, 0.6) is 28.7 Å². The third kappa shape index (κ3) is 6.61. The number of carbonyl (C=O) groups excluding carboxylic acids is 1. The summed E-state index contributed by atoms with van der Waals surface area (Å²) in [5.74, 6) is 1.44. The number of nitro groups is 1. The van der Waals surface area contributed by atoms with Crippen LogP contribution in [0.25, 0.3) is 18.2 Å². The molecule has 10 nitrogen and oxygen atoms in total. The maximum absolute atomic E-state index is 12.4. The summed E-state index contributed by atoms with van der Waals surface area (Å²) in [6, 6.07) is 13.8. The van der Waals surface area contributed by atoms with E-state index in [1.807, 2.05) is 36.4 Å². The summed E-state index contributed by atoms with van der Waals surface area (Å²) in [5, 5.41) is 14.1. The lowest BCUT2D eigenvalue weighted by Gasteiger charge is -2.12. The Bertz CT molecular complexity index is 1340. The van der Waals surface area contributed by atoms with Crippen LogP contribution in [0.3, 0.4) is 0 Å². The van der Waals surface area contributed by atoms with Crippen LogP contribution in [-0.2, 0) is 4.79 Å².